The van der Waals surface area contributed by atoms with Gasteiger partial charge in [0.15, 0.2) is 0 Å². The number of rotatable bonds is 1. The van der Waals surface area contributed by atoms with Crippen LogP contribution in [0.3, 0.4) is 0 Å². The van der Waals surface area contributed by atoms with E-state index in [1.807, 2.05) is 0 Å². The molecule has 3 nitrogen and oxygen atoms in total. The Hall–Kier alpha value is 0.0969. The molecule has 0 aromatic rings. The molecule has 0 heterocycles. The van der Waals surface area contributed by atoms with E-state index in [0.717, 1.165) is 0 Å². The van der Waals surface area contributed by atoms with Gasteiger partial charge in [0.2, 0.25) is 0 Å². The van der Waals surface area contributed by atoms with Gasteiger partial charge in [-0.05, 0) is 20.6 Å². The molecule has 44 valence electrons. The van der Waals surface area contributed by atoms with Gasteiger partial charge in [-0.1, -0.05) is 0 Å². The second kappa shape index (κ2) is 1.91. The molecule has 0 aromatic carbocycles. The first kappa shape index (κ1) is 7.10. The summed E-state index contributed by atoms with van der Waals surface area (Å²) in [6.45, 7) is 1.44. The smallest absolute Gasteiger partial charge is 0.399 e. The normalized spacial score (nSPS) is 12.9. The molecule has 0 spiro atoms. The fourth-order valence-corrected chi connectivity index (χ4v) is 0. The maximum Gasteiger partial charge on any atom is 0.418 e. The van der Waals surface area contributed by atoms with Crippen molar-refractivity contribution >= 4 is 8.72 Å². The summed E-state index contributed by atoms with van der Waals surface area (Å²) in [6.07, 6.45) is 0. The van der Waals surface area contributed by atoms with Crippen molar-refractivity contribution in [2.45, 2.75) is 6.55 Å². The molecule has 0 aliphatic rings. The zero-order chi connectivity index (χ0) is 6.08. The molecule has 0 amide bonds. The lowest BCUT2D eigenvalue weighted by Gasteiger charge is -2.18. The molecule has 0 aliphatic heterocycles. The highest BCUT2D eigenvalue weighted by molar-refractivity contribution is 6.59. The van der Waals surface area contributed by atoms with E-state index in [1.54, 1.807) is 14.1 Å². The molecule has 4 heteroatoms. The Labute approximate surface area is 44.5 Å². The number of hydrogen-bond acceptors (Lipinski definition) is 3. The molecule has 0 rings (SSSR count). The molecule has 2 N–H and O–H groups in total. The summed E-state index contributed by atoms with van der Waals surface area (Å²) in [5, 5.41) is 0. The zero-order valence-electron chi connectivity index (χ0n) is 4.84. The van der Waals surface area contributed by atoms with Crippen LogP contribution in [0, 0.1) is 0 Å². The average molecular weight is 121 g/mol. The molecule has 7 heavy (non-hydrogen) atoms. The van der Waals surface area contributed by atoms with Gasteiger partial charge in [-0.25, -0.2) is 0 Å². The summed E-state index contributed by atoms with van der Waals surface area (Å²) in [6, 6.07) is 0. The van der Waals surface area contributed by atoms with Crippen LogP contribution in [0.15, 0.2) is 0 Å². The third kappa shape index (κ3) is 2.75. The van der Waals surface area contributed by atoms with Crippen molar-refractivity contribution in [3.05, 3.63) is 0 Å². The third-order valence-corrected chi connectivity index (χ3v) is 2.54. The van der Waals surface area contributed by atoms with E-state index < -0.39 is 8.72 Å². The summed E-state index contributed by atoms with van der Waals surface area (Å²) < 4.78 is 1.44. The summed E-state index contributed by atoms with van der Waals surface area (Å²) in [5.74, 6) is 0. The average Bonchev–Trinajstić information content (AvgIpc) is 1.31. The van der Waals surface area contributed by atoms with Gasteiger partial charge >= 0.3 is 8.72 Å². The lowest BCUT2D eigenvalue weighted by molar-refractivity contribution is 0.286. The maximum atomic E-state index is 8.72. The Kier molecular flexibility index (Phi) is 1.94. The first-order valence-corrected chi connectivity index (χ1v) is 4.41. The van der Waals surface area contributed by atoms with Gasteiger partial charge in [0.05, 0.1) is 0 Å². The van der Waals surface area contributed by atoms with Gasteiger partial charge in [0.1, 0.15) is 0 Å². The summed E-state index contributed by atoms with van der Waals surface area (Å²) in [4.78, 5) is 17.4. The predicted molar refractivity (Wildman–Crippen MR) is 29.7 cm³/mol. The van der Waals surface area contributed by atoms with E-state index in [1.165, 1.54) is 11.1 Å². The fourth-order valence-electron chi connectivity index (χ4n) is 0. The lowest BCUT2D eigenvalue weighted by Crippen LogP contribution is -2.46. The first-order valence-electron chi connectivity index (χ1n) is 2.07. The molecule has 0 saturated carbocycles. The Morgan fingerprint density at radius 2 is 1.43 bits per heavy atom. The maximum absolute atomic E-state index is 8.72. The van der Waals surface area contributed by atoms with Crippen LogP contribution in [-0.2, 0) is 0 Å². The quantitative estimate of drug-likeness (QED) is 0.442. The molecular formula is C3H11NO2Si. The minimum Gasteiger partial charge on any atom is -0.399 e. The molecule has 0 unspecified atom stereocenters. The van der Waals surface area contributed by atoms with Gasteiger partial charge in [-0.15, -0.1) is 0 Å². The predicted octanol–water partition coefficient (Wildman–Crippen LogP) is -0.899. The van der Waals surface area contributed by atoms with E-state index in [2.05, 4.69) is 0 Å². The zero-order valence-corrected chi connectivity index (χ0v) is 5.84. The number of hydrogen-bond donors (Lipinski definition) is 2. The van der Waals surface area contributed by atoms with Crippen molar-refractivity contribution in [2.75, 3.05) is 14.1 Å². The van der Waals surface area contributed by atoms with E-state index in [0.29, 0.717) is 0 Å². The highest BCUT2D eigenvalue weighted by atomic mass is 28.4. The minimum absolute atomic E-state index is 1.44. The highest BCUT2D eigenvalue weighted by Gasteiger charge is 2.24. The second-order valence-electron chi connectivity index (χ2n) is 1.87. The Morgan fingerprint density at radius 3 is 1.43 bits per heavy atom. The van der Waals surface area contributed by atoms with Crippen LogP contribution in [0.5, 0.6) is 0 Å². The fraction of sp³-hybridized carbons (Fsp3) is 1.00. The van der Waals surface area contributed by atoms with Crippen molar-refractivity contribution in [1.29, 1.82) is 0 Å². The summed E-state index contributed by atoms with van der Waals surface area (Å²) in [5.41, 5.74) is 0. The van der Waals surface area contributed by atoms with Crippen LogP contribution in [0.2, 0.25) is 6.55 Å². The van der Waals surface area contributed by atoms with Crippen molar-refractivity contribution in [3.8, 4) is 0 Å². The van der Waals surface area contributed by atoms with Crippen LogP contribution in [-0.4, -0.2) is 37.0 Å². The molecular weight excluding hydrogens is 110 g/mol. The molecule has 0 saturated heterocycles. The Balaban J connectivity index is 3.54. The highest BCUT2D eigenvalue weighted by Crippen LogP contribution is 1.91. The minimum atomic E-state index is -2.90. The molecule has 0 atom stereocenters. The van der Waals surface area contributed by atoms with Crippen LogP contribution in [0.1, 0.15) is 0 Å². The van der Waals surface area contributed by atoms with Gasteiger partial charge in [-0.3, -0.25) is 4.57 Å². The lowest BCUT2D eigenvalue weighted by atomic mass is 11.3. The van der Waals surface area contributed by atoms with Crippen LogP contribution < -0.4 is 0 Å². The van der Waals surface area contributed by atoms with Crippen molar-refractivity contribution in [1.82, 2.24) is 4.57 Å². The van der Waals surface area contributed by atoms with Gasteiger partial charge in [0.25, 0.3) is 0 Å². The van der Waals surface area contributed by atoms with Gasteiger partial charge < -0.3 is 9.59 Å². The van der Waals surface area contributed by atoms with Crippen LogP contribution in [0.4, 0.5) is 0 Å². The largest absolute Gasteiger partial charge is 0.418 e. The summed E-state index contributed by atoms with van der Waals surface area (Å²) >= 11 is 0. The topological polar surface area (TPSA) is 43.7 Å². The van der Waals surface area contributed by atoms with Gasteiger partial charge in [-0.2, -0.15) is 0 Å². The summed E-state index contributed by atoms with van der Waals surface area (Å²) in [7, 11) is 0.389. The molecule has 0 aliphatic carbocycles. The second-order valence-corrected chi connectivity index (χ2v) is 4.70. The van der Waals surface area contributed by atoms with Crippen molar-refractivity contribution in [2.24, 2.45) is 0 Å². The Morgan fingerprint density at radius 1 is 1.29 bits per heavy atom. The van der Waals surface area contributed by atoms with Crippen LogP contribution in [0.25, 0.3) is 0 Å². The Bertz CT molecular complexity index is 58.4. The van der Waals surface area contributed by atoms with E-state index >= 15 is 0 Å². The first-order chi connectivity index (χ1) is 2.94. The van der Waals surface area contributed by atoms with E-state index in [9.17, 15) is 0 Å². The molecule has 0 fully saturated rings. The standard InChI is InChI=1S/C3H11NO2Si/c1-4(2)7(3,5)6/h5-6H,1-3H3. The SMILES string of the molecule is CN(C)[Si](C)(O)O. The molecule has 0 aromatic heterocycles. The monoisotopic (exact) mass is 121 g/mol. The van der Waals surface area contributed by atoms with Crippen LogP contribution >= 0.6 is 0 Å². The van der Waals surface area contributed by atoms with Gasteiger partial charge in [0, 0.05) is 0 Å². The van der Waals surface area contributed by atoms with Crippen molar-refractivity contribution < 1.29 is 9.59 Å². The number of nitrogens with zero attached hydrogens (tertiary/aromatic N) is 1. The van der Waals surface area contributed by atoms with E-state index in [4.69, 9.17) is 9.59 Å². The molecule has 0 radical (unpaired) electrons. The third-order valence-electron chi connectivity index (χ3n) is 0.847. The van der Waals surface area contributed by atoms with Crippen molar-refractivity contribution in [3.63, 3.8) is 0 Å². The van der Waals surface area contributed by atoms with E-state index in [-0.39, 0.29) is 0 Å². The molecule has 0 bridgehead atoms.